The molecule has 0 saturated heterocycles. The molecular weight excluding hydrogens is 256 g/mol. The van der Waals surface area contributed by atoms with E-state index >= 15 is 0 Å². The van der Waals surface area contributed by atoms with Gasteiger partial charge in [-0.15, -0.1) is 0 Å². The summed E-state index contributed by atoms with van der Waals surface area (Å²) < 4.78 is 16.4. The number of aryl methyl sites for hydroxylation is 3. The Morgan fingerprint density at radius 1 is 1.15 bits per heavy atom. The molecule has 1 aromatic rings. The zero-order chi connectivity index (χ0) is 14.7. The van der Waals surface area contributed by atoms with E-state index in [0.29, 0.717) is 19.6 Å². The first-order valence-electron chi connectivity index (χ1n) is 6.90. The number of methoxy groups -OCH3 is 1. The number of carbonyl (C=O) groups excluding carboxylic acids is 1. The number of carbonyl (C=O) groups is 1. The van der Waals surface area contributed by atoms with Crippen LogP contribution in [0.1, 0.15) is 23.1 Å². The molecule has 0 N–H and O–H groups in total. The van der Waals surface area contributed by atoms with Crippen molar-refractivity contribution in [3.63, 3.8) is 0 Å². The molecule has 2 atom stereocenters. The highest BCUT2D eigenvalue weighted by Crippen LogP contribution is 2.31. The molecule has 1 aliphatic carbocycles. The van der Waals surface area contributed by atoms with E-state index in [4.69, 9.17) is 14.2 Å². The molecule has 110 valence electrons. The predicted octanol–water partition coefficient (Wildman–Crippen LogP) is 2.36. The van der Waals surface area contributed by atoms with Gasteiger partial charge in [0.25, 0.3) is 0 Å². The van der Waals surface area contributed by atoms with Crippen LogP contribution < -0.4 is 4.74 Å². The lowest BCUT2D eigenvalue weighted by Crippen LogP contribution is -2.52. The van der Waals surface area contributed by atoms with Gasteiger partial charge in [0.1, 0.15) is 11.9 Å². The minimum absolute atomic E-state index is 0.105. The van der Waals surface area contributed by atoms with E-state index in [0.717, 1.165) is 16.9 Å². The van der Waals surface area contributed by atoms with E-state index in [-0.39, 0.29) is 11.9 Å². The molecule has 0 aliphatic heterocycles. The van der Waals surface area contributed by atoms with Crippen molar-refractivity contribution in [1.82, 2.24) is 0 Å². The minimum atomic E-state index is -0.453. The summed E-state index contributed by atoms with van der Waals surface area (Å²) in [4.78, 5) is 11.6. The molecule has 4 heteroatoms. The first kappa shape index (κ1) is 15.0. The van der Waals surface area contributed by atoms with Gasteiger partial charge in [-0.05, 0) is 31.9 Å². The molecule has 0 bridgehead atoms. The van der Waals surface area contributed by atoms with E-state index in [2.05, 4.69) is 19.1 Å². The van der Waals surface area contributed by atoms with Crippen molar-refractivity contribution in [2.45, 2.75) is 39.4 Å². The highest BCUT2D eigenvalue weighted by Gasteiger charge is 2.43. The number of rotatable bonds is 6. The van der Waals surface area contributed by atoms with Crippen LogP contribution in [-0.2, 0) is 14.3 Å². The molecular formula is C16H22O4. The van der Waals surface area contributed by atoms with Gasteiger partial charge in [-0.2, -0.15) is 0 Å². The molecule has 0 radical (unpaired) electrons. The second-order valence-electron chi connectivity index (χ2n) is 5.34. The molecule has 1 aromatic carbocycles. The van der Waals surface area contributed by atoms with Gasteiger partial charge in [-0.1, -0.05) is 17.7 Å². The Bertz CT molecular complexity index is 472. The van der Waals surface area contributed by atoms with Gasteiger partial charge in [0.05, 0.1) is 13.2 Å². The van der Waals surface area contributed by atoms with Crippen LogP contribution in [0.25, 0.3) is 0 Å². The fourth-order valence-electron chi connectivity index (χ4n) is 2.53. The van der Waals surface area contributed by atoms with Crippen molar-refractivity contribution >= 4 is 5.78 Å². The normalized spacial score (nSPS) is 21.7. The van der Waals surface area contributed by atoms with Gasteiger partial charge in [0.15, 0.2) is 11.9 Å². The number of hydrogen-bond acceptors (Lipinski definition) is 4. The third-order valence-electron chi connectivity index (χ3n) is 3.52. The maximum atomic E-state index is 11.6. The highest BCUT2D eigenvalue weighted by atomic mass is 16.6. The Hall–Kier alpha value is -1.39. The predicted molar refractivity (Wildman–Crippen MR) is 76.3 cm³/mol. The van der Waals surface area contributed by atoms with Crippen molar-refractivity contribution in [2.24, 2.45) is 0 Å². The van der Waals surface area contributed by atoms with Crippen LogP contribution >= 0.6 is 0 Å². The average molecular weight is 278 g/mol. The molecule has 0 spiro atoms. The lowest BCUT2D eigenvalue weighted by molar-refractivity contribution is -0.156. The molecule has 4 nitrogen and oxygen atoms in total. The SMILES string of the molecule is COCCOC1C(=O)CC1Oc1c(C)cc(C)cc1C. The Morgan fingerprint density at radius 2 is 1.80 bits per heavy atom. The minimum Gasteiger partial charge on any atom is -0.486 e. The summed E-state index contributed by atoms with van der Waals surface area (Å²) in [6.45, 7) is 7.01. The quantitative estimate of drug-likeness (QED) is 0.749. The third-order valence-corrected chi connectivity index (χ3v) is 3.52. The number of ketones is 1. The van der Waals surface area contributed by atoms with E-state index < -0.39 is 6.10 Å². The topological polar surface area (TPSA) is 44.8 Å². The van der Waals surface area contributed by atoms with Crippen LogP contribution in [0.15, 0.2) is 12.1 Å². The number of benzene rings is 1. The fourth-order valence-corrected chi connectivity index (χ4v) is 2.53. The molecule has 1 fully saturated rings. The largest absolute Gasteiger partial charge is 0.486 e. The van der Waals surface area contributed by atoms with E-state index in [1.165, 1.54) is 5.56 Å². The van der Waals surface area contributed by atoms with Gasteiger partial charge in [0.2, 0.25) is 0 Å². The highest BCUT2D eigenvalue weighted by molar-refractivity contribution is 5.90. The molecule has 1 aliphatic rings. The standard InChI is InChI=1S/C16H22O4/c1-10-7-11(2)15(12(3)8-10)20-14-9-13(17)16(14)19-6-5-18-4/h7-8,14,16H,5-6,9H2,1-4H3. The Labute approximate surface area is 120 Å². The average Bonchev–Trinajstić information content (AvgIpc) is 2.37. The molecule has 0 aromatic heterocycles. The number of Topliss-reactive ketones (excluding diaryl/α,β-unsaturated/α-hetero) is 1. The van der Waals surface area contributed by atoms with Crippen LogP contribution in [0.5, 0.6) is 5.75 Å². The zero-order valence-electron chi connectivity index (χ0n) is 12.6. The summed E-state index contributed by atoms with van der Waals surface area (Å²) in [6, 6.07) is 4.17. The van der Waals surface area contributed by atoms with Crippen molar-refractivity contribution in [3.8, 4) is 5.75 Å². The lowest BCUT2D eigenvalue weighted by Gasteiger charge is -2.35. The molecule has 1 saturated carbocycles. The van der Waals surface area contributed by atoms with E-state index in [1.807, 2.05) is 13.8 Å². The zero-order valence-corrected chi connectivity index (χ0v) is 12.6. The monoisotopic (exact) mass is 278 g/mol. The molecule has 2 rings (SSSR count). The Balaban J connectivity index is 2.01. The maximum Gasteiger partial charge on any atom is 0.169 e. The van der Waals surface area contributed by atoms with Crippen LogP contribution in [0.3, 0.4) is 0 Å². The van der Waals surface area contributed by atoms with E-state index in [1.54, 1.807) is 7.11 Å². The van der Waals surface area contributed by atoms with Crippen molar-refractivity contribution < 1.29 is 19.0 Å². The first-order chi connectivity index (χ1) is 9.52. The molecule has 2 unspecified atom stereocenters. The summed E-state index contributed by atoms with van der Waals surface area (Å²) in [6.07, 6.45) is -0.213. The molecule has 0 amide bonds. The van der Waals surface area contributed by atoms with Gasteiger partial charge >= 0.3 is 0 Å². The number of ether oxygens (including phenoxy) is 3. The van der Waals surface area contributed by atoms with Crippen molar-refractivity contribution in [3.05, 3.63) is 28.8 Å². The fraction of sp³-hybridized carbons (Fsp3) is 0.562. The lowest BCUT2D eigenvalue weighted by atomic mass is 9.89. The van der Waals surface area contributed by atoms with Crippen molar-refractivity contribution in [2.75, 3.05) is 20.3 Å². The first-order valence-corrected chi connectivity index (χ1v) is 6.90. The molecule has 20 heavy (non-hydrogen) atoms. The molecule has 0 heterocycles. The summed E-state index contributed by atoms with van der Waals surface area (Å²) >= 11 is 0. The Kier molecular flexibility index (Phi) is 4.78. The van der Waals surface area contributed by atoms with Gasteiger partial charge < -0.3 is 14.2 Å². The van der Waals surface area contributed by atoms with E-state index in [9.17, 15) is 4.79 Å². The number of hydrogen-bond donors (Lipinski definition) is 0. The summed E-state index contributed by atoms with van der Waals surface area (Å²) in [7, 11) is 1.61. The van der Waals surface area contributed by atoms with Gasteiger partial charge in [0, 0.05) is 13.5 Å². The smallest absolute Gasteiger partial charge is 0.169 e. The van der Waals surface area contributed by atoms with Crippen LogP contribution in [0.4, 0.5) is 0 Å². The van der Waals surface area contributed by atoms with Gasteiger partial charge in [-0.25, -0.2) is 0 Å². The summed E-state index contributed by atoms with van der Waals surface area (Å²) in [5.74, 6) is 0.974. The maximum absolute atomic E-state index is 11.6. The second-order valence-corrected chi connectivity index (χ2v) is 5.34. The van der Waals surface area contributed by atoms with Gasteiger partial charge in [-0.3, -0.25) is 4.79 Å². The Morgan fingerprint density at radius 3 is 2.35 bits per heavy atom. The summed E-state index contributed by atoms with van der Waals surface area (Å²) in [5, 5.41) is 0. The van der Waals surface area contributed by atoms with Crippen LogP contribution in [-0.4, -0.2) is 38.3 Å². The van der Waals surface area contributed by atoms with Crippen LogP contribution in [0, 0.1) is 20.8 Å². The summed E-state index contributed by atoms with van der Waals surface area (Å²) in [5.41, 5.74) is 3.40. The van der Waals surface area contributed by atoms with Crippen molar-refractivity contribution in [1.29, 1.82) is 0 Å². The third kappa shape index (κ3) is 3.19. The van der Waals surface area contributed by atoms with Crippen LogP contribution in [0.2, 0.25) is 0 Å². The second kappa shape index (κ2) is 6.37.